The number of nitrogens with one attached hydrogen (secondary N) is 1. The van der Waals surface area contributed by atoms with Gasteiger partial charge in [0.05, 0.1) is 4.92 Å². The fraction of sp³-hybridized carbons (Fsp3) is 0.167. The minimum atomic E-state index is -1.37. The summed E-state index contributed by atoms with van der Waals surface area (Å²) in [5.41, 5.74) is 0.870. The number of hydrogen-bond acceptors (Lipinski definition) is 4. The molecule has 1 aliphatic rings. The van der Waals surface area contributed by atoms with Crippen LogP contribution in [0.4, 0.5) is 16.2 Å². The van der Waals surface area contributed by atoms with E-state index < -0.39 is 11.0 Å². The van der Waals surface area contributed by atoms with E-state index in [0.29, 0.717) is 18.4 Å². The summed E-state index contributed by atoms with van der Waals surface area (Å²) < 4.78 is 0. The van der Waals surface area contributed by atoms with E-state index >= 15 is 0 Å². The molecule has 19 heavy (non-hydrogen) atoms. The number of hydrogen-bond donors (Lipinski definition) is 2. The van der Waals surface area contributed by atoms with Crippen molar-refractivity contribution >= 4 is 28.8 Å². The van der Waals surface area contributed by atoms with Gasteiger partial charge in [0.1, 0.15) is 5.69 Å². The summed E-state index contributed by atoms with van der Waals surface area (Å²) in [7, 11) is 0. The Morgan fingerprint density at radius 1 is 1.37 bits per heavy atom. The molecule has 0 atom stereocenters. The van der Waals surface area contributed by atoms with Crippen molar-refractivity contribution in [2.24, 2.45) is 0 Å². The number of carboxylic acid groups (broad SMARTS) is 1. The topological polar surface area (TPSA) is 110 Å². The zero-order chi connectivity index (χ0) is 14.0. The van der Waals surface area contributed by atoms with Crippen LogP contribution in [0.3, 0.4) is 0 Å². The zero-order valence-electron chi connectivity index (χ0n) is 9.75. The third-order valence-electron chi connectivity index (χ3n) is 2.78. The van der Waals surface area contributed by atoms with Gasteiger partial charge < -0.3 is 5.11 Å². The van der Waals surface area contributed by atoms with Crippen molar-refractivity contribution in [3.63, 3.8) is 0 Å². The summed E-state index contributed by atoms with van der Waals surface area (Å²) in [6.07, 6.45) is 1.04. The summed E-state index contributed by atoms with van der Waals surface area (Å²) in [5, 5.41) is 21.5. The number of benzene rings is 1. The van der Waals surface area contributed by atoms with Crippen LogP contribution in [0.5, 0.6) is 0 Å². The summed E-state index contributed by atoms with van der Waals surface area (Å²) in [4.78, 5) is 32.0. The lowest BCUT2D eigenvalue weighted by Gasteiger charge is -2.06. The van der Waals surface area contributed by atoms with Crippen LogP contribution in [0.25, 0.3) is 5.57 Å². The van der Waals surface area contributed by atoms with E-state index in [9.17, 15) is 19.7 Å². The first kappa shape index (κ1) is 12.7. The van der Waals surface area contributed by atoms with Gasteiger partial charge in [0, 0.05) is 12.5 Å². The Hall–Kier alpha value is -2.70. The average Bonchev–Trinajstić information content (AvgIpc) is 2.75. The van der Waals surface area contributed by atoms with Gasteiger partial charge >= 0.3 is 6.09 Å². The van der Waals surface area contributed by atoms with E-state index in [0.717, 1.165) is 5.57 Å². The number of amides is 1. The Bertz CT molecular complexity index is 606. The molecule has 1 aromatic carbocycles. The third kappa shape index (κ3) is 2.76. The molecule has 0 fully saturated rings. The number of nitro groups is 1. The van der Waals surface area contributed by atoms with Crippen LogP contribution in [0.1, 0.15) is 18.4 Å². The van der Waals surface area contributed by atoms with E-state index in [4.69, 9.17) is 5.11 Å². The van der Waals surface area contributed by atoms with E-state index in [2.05, 4.69) is 0 Å². The highest BCUT2D eigenvalue weighted by Crippen LogP contribution is 2.32. The molecule has 0 saturated heterocycles. The van der Waals surface area contributed by atoms with Gasteiger partial charge in [0.2, 0.25) is 0 Å². The molecule has 0 radical (unpaired) electrons. The van der Waals surface area contributed by atoms with Gasteiger partial charge in [-0.05, 0) is 29.7 Å². The predicted molar refractivity (Wildman–Crippen MR) is 67.0 cm³/mol. The molecule has 2 rings (SSSR count). The van der Waals surface area contributed by atoms with Crippen molar-refractivity contribution in [2.75, 3.05) is 5.32 Å². The number of nitro benzene ring substituents is 1. The maximum Gasteiger partial charge on any atom is 0.409 e. The Morgan fingerprint density at radius 3 is 2.63 bits per heavy atom. The lowest BCUT2D eigenvalue weighted by atomic mass is 10.0. The smallest absolute Gasteiger partial charge is 0.409 e. The largest absolute Gasteiger partial charge is 0.465 e. The molecule has 98 valence electrons. The summed E-state index contributed by atoms with van der Waals surface area (Å²) in [6.45, 7) is 0. The van der Waals surface area contributed by atoms with E-state index in [-0.39, 0.29) is 17.2 Å². The molecular formula is C12H10N2O5. The number of nitrogens with zero attached hydrogens (tertiary/aromatic N) is 1. The Labute approximate surface area is 107 Å². The molecule has 0 spiro atoms. The van der Waals surface area contributed by atoms with Crippen molar-refractivity contribution < 1.29 is 19.6 Å². The highest BCUT2D eigenvalue weighted by molar-refractivity contribution is 6.02. The second kappa shape index (κ2) is 4.89. The molecule has 7 nitrogen and oxygen atoms in total. The molecule has 2 N–H and O–H groups in total. The number of carbonyl (C=O) groups excluding carboxylic acids is 1. The standard InChI is InChI=1S/C12H10N2O5/c15-9-3-1-7(5-9)8-2-4-10(13-12(16)17)11(6-8)14(18)19/h2,4-6,13H,1,3H2,(H,16,17). The second-order valence-corrected chi connectivity index (χ2v) is 4.06. The number of allylic oxidation sites excluding steroid dienone is 2. The molecule has 0 unspecified atom stereocenters. The molecule has 7 heteroatoms. The third-order valence-corrected chi connectivity index (χ3v) is 2.78. The summed E-state index contributed by atoms with van der Waals surface area (Å²) in [5.74, 6) is -0.00890. The predicted octanol–water partition coefficient (Wildman–Crippen LogP) is 2.43. The van der Waals surface area contributed by atoms with Crippen molar-refractivity contribution in [1.29, 1.82) is 0 Å². The van der Waals surface area contributed by atoms with Crippen LogP contribution in [0, 0.1) is 10.1 Å². The van der Waals surface area contributed by atoms with Gasteiger partial charge in [0.25, 0.3) is 5.69 Å². The fourth-order valence-corrected chi connectivity index (χ4v) is 1.93. The minimum absolute atomic E-state index is 0.00890. The first-order chi connectivity index (χ1) is 8.97. The lowest BCUT2D eigenvalue weighted by molar-refractivity contribution is -0.383. The van der Waals surface area contributed by atoms with Gasteiger partial charge in [-0.2, -0.15) is 0 Å². The SMILES string of the molecule is O=C1C=C(c2ccc(NC(=O)O)c([N+](=O)[O-])c2)CC1. The van der Waals surface area contributed by atoms with Crippen LogP contribution in [-0.4, -0.2) is 21.9 Å². The van der Waals surface area contributed by atoms with Crippen molar-refractivity contribution in [2.45, 2.75) is 12.8 Å². The van der Waals surface area contributed by atoms with Crippen LogP contribution >= 0.6 is 0 Å². The normalized spacial score (nSPS) is 14.1. The summed E-state index contributed by atoms with van der Waals surface area (Å²) in [6, 6.07) is 4.16. The monoisotopic (exact) mass is 262 g/mol. The van der Waals surface area contributed by atoms with Gasteiger partial charge in [-0.3, -0.25) is 20.2 Å². The maximum atomic E-state index is 11.2. The van der Waals surface area contributed by atoms with E-state index in [1.54, 1.807) is 6.07 Å². The number of anilines is 1. The van der Waals surface area contributed by atoms with Gasteiger partial charge in [-0.15, -0.1) is 0 Å². The van der Waals surface area contributed by atoms with Crippen molar-refractivity contribution in [1.82, 2.24) is 0 Å². The van der Waals surface area contributed by atoms with Crippen LogP contribution in [0.15, 0.2) is 24.3 Å². The Balaban J connectivity index is 2.42. The van der Waals surface area contributed by atoms with Crippen LogP contribution in [-0.2, 0) is 4.79 Å². The number of carbonyl (C=O) groups is 2. The van der Waals surface area contributed by atoms with Crippen molar-refractivity contribution in [3.05, 3.63) is 40.0 Å². The highest BCUT2D eigenvalue weighted by atomic mass is 16.6. The molecule has 1 amide bonds. The Morgan fingerprint density at radius 2 is 2.11 bits per heavy atom. The molecule has 0 heterocycles. The van der Waals surface area contributed by atoms with Crippen LogP contribution in [0.2, 0.25) is 0 Å². The summed E-state index contributed by atoms with van der Waals surface area (Å²) >= 11 is 0. The number of ketones is 1. The average molecular weight is 262 g/mol. The van der Waals surface area contributed by atoms with Gasteiger partial charge in [-0.25, -0.2) is 4.79 Å². The second-order valence-electron chi connectivity index (χ2n) is 4.06. The maximum absolute atomic E-state index is 11.2. The molecule has 1 aliphatic carbocycles. The quantitative estimate of drug-likeness (QED) is 0.642. The Kier molecular flexibility index (Phi) is 3.28. The van der Waals surface area contributed by atoms with Gasteiger partial charge in [-0.1, -0.05) is 6.07 Å². The molecule has 0 bridgehead atoms. The van der Waals surface area contributed by atoms with Crippen molar-refractivity contribution in [3.8, 4) is 0 Å². The number of rotatable bonds is 3. The van der Waals surface area contributed by atoms with E-state index in [1.807, 2.05) is 5.32 Å². The highest BCUT2D eigenvalue weighted by Gasteiger charge is 2.20. The fourth-order valence-electron chi connectivity index (χ4n) is 1.93. The van der Waals surface area contributed by atoms with Crippen LogP contribution < -0.4 is 5.32 Å². The lowest BCUT2D eigenvalue weighted by Crippen LogP contribution is -2.09. The minimum Gasteiger partial charge on any atom is -0.465 e. The first-order valence-electron chi connectivity index (χ1n) is 5.49. The molecular weight excluding hydrogens is 252 g/mol. The molecule has 0 saturated carbocycles. The van der Waals surface area contributed by atoms with Gasteiger partial charge in [0.15, 0.2) is 5.78 Å². The van der Waals surface area contributed by atoms with E-state index in [1.165, 1.54) is 18.2 Å². The zero-order valence-corrected chi connectivity index (χ0v) is 9.75. The first-order valence-corrected chi connectivity index (χ1v) is 5.49. The molecule has 1 aromatic rings. The molecule has 0 aromatic heterocycles. The molecule has 0 aliphatic heterocycles.